The Labute approximate surface area is 151 Å². The third-order valence-electron chi connectivity index (χ3n) is 4.61. The van der Waals surface area contributed by atoms with E-state index in [4.69, 9.17) is 9.15 Å². The lowest BCUT2D eigenvalue weighted by atomic mass is 10.1. The molecule has 1 aromatic carbocycles. The lowest BCUT2D eigenvalue weighted by Gasteiger charge is -2.20. The second-order valence-corrected chi connectivity index (χ2v) is 7.02. The van der Waals surface area contributed by atoms with Crippen molar-refractivity contribution in [3.8, 4) is 5.75 Å². The molecule has 0 radical (unpaired) electrons. The summed E-state index contributed by atoms with van der Waals surface area (Å²) in [7, 11) is 1.68. The summed E-state index contributed by atoms with van der Waals surface area (Å²) >= 11 is 1.64. The summed E-state index contributed by atoms with van der Waals surface area (Å²) in [4.78, 5) is 11.4. The first-order chi connectivity index (χ1) is 12.3. The van der Waals surface area contributed by atoms with Crippen molar-refractivity contribution < 1.29 is 9.15 Å². The van der Waals surface area contributed by atoms with Crippen LogP contribution in [-0.2, 0) is 13.0 Å². The van der Waals surface area contributed by atoms with Crippen LogP contribution in [0.4, 0.5) is 0 Å². The summed E-state index contributed by atoms with van der Waals surface area (Å²) in [5.41, 5.74) is 4.20. The van der Waals surface area contributed by atoms with Crippen LogP contribution < -0.4 is 4.74 Å². The van der Waals surface area contributed by atoms with Crippen LogP contribution in [0.2, 0.25) is 0 Å². The Kier molecular flexibility index (Phi) is 4.81. The molecule has 1 aliphatic heterocycles. The van der Waals surface area contributed by atoms with Crippen LogP contribution in [0.3, 0.4) is 0 Å². The van der Waals surface area contributed by atoms with Crippen LogP contribution in [0.5, 0.6) is 5.75 Å². The van der Waals surface area contributed by atoms with Crippen LogP contribution in [0.15, 0.2) is 45.8 Å². The molecule has 0 aliphatic carbocycles. The molecule has 3 heterocycles. The van der Waals surface area contributed by atoms with Gasteiger partial charge in [0.15, 0.2) is 0 Å². The zero-order chi connectivity index (χ0) is 17.1. The Morgan fingerprint density at radius 2 is 2.16 bits per heavy atom. The minimum Gasteiger partial charge on any atom is -0.497 e. The van der Waals surface area contributed by atoms with E-state index in [9.17, 15) is 0 Å². The van der Waals surface area contributed by atoms with Gasteiger partial charge in [-0.3, -0.25) is 4.90 Å². The highest BCUT2D eigenvalue weighted by Gasteiger charge is 2.30. The van der Waals surface area contributed by atoms with E-state index in [0.717, 1.165) is 49.0 Å². The van der Waals surface area contributed by atoms with Crippen molar-refractivity contribution >= 4 is 11.3 Å². The van der Waals surface area contributed by atoms with Crippen molar-refractivity contribution in [1.82, 2.24) is 14.9 Å². The Morgan fingerprint density at radius 3 is 2.92 bits per heavy atom. The molecule has 2 aromatic heterocycles. The molecule has 1 saturated heterocycles. The Bertz CT molecular complexity index is 798. The fraction of sp³-hybridized carbons (Fsp3) is 0.368. The maximum absolute atomic E-state index is 6.08. The first kappa shape index (κ1) is 16.3. The molecule has 3 aromatic rings. The number of methoxy groups -OCH3 is 1. The predicted octanol–water partition coefficient (Wildman–Crippen LogP) is 4.07. The van der Waals surface area contributed by atoms with Gasteiger partial charge in [0, 0.05) is 18.3 Å². The highest BCUT2D eigenvalue weighted by Crippen LogP contribution is 2.33. The smallest absolute Gasteiger partial charge is 0.211 e. The molecule has 130 valence electrons. The van der Waals surface area contributed by atoms with Gasteiger partial charge in [-0.2, -0.15) is 0 Å². The predicted molar refractivity (Wildman–Crippen MR) is 96.8 cm³/mol. The minimum atomic E-state index is 0.256. The maximum Gasteiger partial charge on any atom is 0.211 e. The summed E-state index contributed by atoms with van der Waals surface area (Å²) in [6, 6.07) is 8.32. The first-order valence-electron chi connectivity index (χ1n) is 8.50. The van der Waals surface area contributed by atoms with Crippen molar-refractivity contribution in [2.75, 3.05) is 13.7 Å². The zero-order valence-electron chi connectivity index (χ0n) is 14.2. The van der Waals surface area contributed by atoms with Gasteiger partial charge >= 0.3 is 0 Å². The summed E-state index contributed by atoms with van der Waals surface area (Å²) in [6.07, 6.45) is 4.87. The van der Waals surface area contributed by atoms with E-state index in [-0.39, 0.29) is 6.04 Å². The Balaban J connectivity index is 1.44. The first-order valence-corrected chi connectivity index (χ1v) is 9.45. The number of aromatic nitrogens is 2. The lowest BCUT2D eigenvalue weighted by molar-refractivity contribution is 0.210. The monoisotopic (exact) mass is 355 g/mol. The zero-order valence-corrected chi connectivity index (χ0v) is 15.0. The maximum atomic E-state index is 6.08. The van der Waals surface area contributed by atoms with Crippen LogP contribution in [-0.4, -0.2) is 28.5 Å². The Morgan fingerprint density at radius 1 is 1.28 bits per heavy atom. The van der Waals surface area contributed by atoms with Gasteiger partial charge in [0.1, 0.15) is 11.5 Å². The number of benzene rings is 1. The van der Waals surface area contributed by atoms with Gasteiger partial charge in [0.2, 0.25) is 5.89 Å². The molecule has 0 spiro atoms. The number of rotatable bonds is 6. The normalized spacial score (nSPS) is 17.9. The number of hydrogen-bond acceptors (Lipinski definition) is 6. The highest BCUT2D eigenvalue weighted by molar-refractivity contribution is 7.07. The quantitative estimate of drug-likeness (QED) is 0.667. The van der Waals surface area contributed by atoms with Gasteiger partial charge in [0.05, 0.1) is 30.6 Å². The van der Waals surface area contributed by atoms with Crippen LogP contribution in [0.1, 0.15) is 41.8 Å². The van der Waals surface area contributed by atoms with Crippen molar-refractivity contribution in [3.63, 3.8) is 0 Å². The van der Waals surface area contributed by atoms with Gasteiger partial charge in [0.25, 0.3) is 0 Å². The van der Waals surface area contributed by atoms with E-state index in [1.807, 2.05) is 23.8 Å². The molecule has 0 unspecified atom stereocenters. The second-order valence-electron chi connectivity index (χ2n) is 6.30. The third-order valence-corrected chi connectivity index (χ3v) is 5.24. The van der Waals surface area contributed by atoms with E-state index in [0.29, 0.717) is 0 Å². The third kappa shape index (κ3) is 3.75. The average Bonchev–Trinajstić information content (AvgIpc) is 3.38. The summed E-state index contributed by atoms with van der Waals surface area (Å²) < 4.78 is 11.3. The fourth-order valence-electron chi connectivity index (χ4n) is 3.32. The van der Waals surface area contributed by atoms with E-state index in [1.165, 1.54) is 12.0 Å². The van der Waals surface area contributed by atoms with Crippen molar-refractivity contribution in [1.29, 1.82) is 0 Å². The number of oxazole rings is 1. The highest BCUT2D eigenvalue weighted by atomic mass is 32.1. The fourth-order valence-corrected chi connectivity index (χ4v) is 3.87. The number of likely N-dealkylation sites (tertiary alicyclic amines) is 1. The molecular formula is C19H21N3O2S. The standard InChI is InChI=1S/C19H21N3O2S/c1-23-16-6-4-14(5-7-16)9-17-10-20-19(24-17)18-3-2-8-22(18)11-15-12-25-13-21-15/h4-7,10,12-13,18H,2-3,8-9,11H2,1H3/t18-/m1/s1. The molecule has 1 atom stereocenters. The molecule has 6 heteroatoms. The molecule has 1 aliphatic rings. The SMILES string of the molecule is COc1ccc(Cc2cnc([C@H]3CCCN3Cc3cscn3)o2)cc1. The molecular weight excluding hydrogens is 334 g/mol. The van der Waals surface area contributed by atoms with E-state index >= 15 is 0 Å². The summed E-state index contributed by atoms with van der Waals surface area (Å²) in [6.45, 7) is 1.93. The Hall–Kier alpha value is -2.18. The average molecular weight is 355 g/mol. The molecule has 0 amide bonds. The van der Waals surface area contributed by atoms with Gasteiger partial charge in [-0.1, -0.05) is 12.1 Å². The van der Waals surface area contributed by atoms with E-state index < -0.39 is 0 Å². The van der Waals surface area contributed by atoms with E-state index in [2.05, 4.69) is 32.4 Å². The van der Waals surface area contributed by atoms with E-state index in [1.54, 1.807) is 18.4 Å². The van der Waals surface area contributed by atoms with Crippen molar-refractivity contribution in [2.45, 2.75) is 31.8 Å². The summed E-state index contributed by atoms with van der Waals surface area (Å²) in [5.74, 6) is 2.60. The van der Waals surface area contributed by atoms with Crippen LogP contribution >= 0.6 is 11.3 Å². The molecule has 0 N–H and O–H groups in total. The number of ether oxygens (including phenoxy) is 1. The number of nitrogens with zero attached hydrogens (tertiary/aromatic N) is 3. The van der Waals surface area contributed by atoms with Crippen LogP contribution in [0.25, 0.3) is 0 Å². The van der Waals surface area contributed by atoms with Gasteiger partial charge in [-0.15, -0.1) is 11.3 Å². The van der Waals surface area contributed by atoms with Gasteiger partial charge in [-0.25, -0.2) is 9.97 Å². The molecule has 4 rings (SSSR count). The molecule has 0 bridgehead atoms. The second kappa shape index (κ2) is 7.37. The van der Waals surface area contributed by atoms with Crippen molar-refractivity contribution in [2.24, 2.45) is 0 Å². The summed E-state index contributed by atoms with van der Waals surface area (Å²) in [5, 5.41) is 2.11. The molecule has 25 heavy (non-hydrogen) atoms. The van der Waals surface area contributed by atoms with Crippen molar-refractivity contribution in [3.05, 3.63) is 64.3 Å². The minimum absolute atomic E-state index is 0.256. The van der Waals surface area contributed by atoms with Gasteiger partial charge < -0.3 is 9.15 Å². The topological polar surface area (TPSA) is 51.4 Å². The van der Waals surface area contributed by atoms with Crippen LogP contribution in [0, 0.1) is 0 Å². The largest absolute Gasteiger partial charge is 0.497 e. The molecule has 1 fully saturated rings. The molecule has 5 nitrogen and oxygen atoms in total. The number of thiazole rings is 1. The molecule has 0 saturated carbocycles. The number of hydrogen-bond donors (Lipinski definition) is 0. The van der Waals surface area contributed by atoms with Gasteiger partial charge in [-0.05, 0) is 37.1 Å². The lowest BCUT2D eigenvalue weighted by Crippen LogP contribution is -2.23.